The van der Waals surface area contributed by atoms with Gasteiger partial charge in [-0.2, -0.15) is 0 Å². The Kier molecular flexibility index (Phi) is 3.98. The molecule has 0 heterocycles. The van der Waals surface area contributed by atoms with E-state index in [0.717, 1.165) is 0 Å². The molecule has 1 aliphatic rings. The average Bonchev–Trinajstić information content (AvgIpc) is 1.87. The van der Waals surface area contributed by atoms with Gasteiger partial charge in [-0.1, -0.05) is 27.7 Å². The molecular formula is C9H18F2. The molecule has 11 heavy (non-hydrogen) atoms. The number of hydrogen-bond donors (Lipinski definition) is 0. The largest absolute Gasteiger partial charge is 0.248 e. The van der Waals surface area contributed by atoms with Gasteiger partial charge >= 0.3 is 0 Å². The van der Waals surface area contributed by atoms with Crippen LogP contribution in [0.1, 0.15) is 40.5 Å². The van der Waals surface area contributed by atoms with Crippen molar-refractivity contribution in [1.82, 2.24) is 0 Å². The Morgan fingerprint density at radius 1 is 1.18 bits per heavy atom. The summed E-state index contributed by atoms with van der Waals surface area (Å²) in [4.78, 5) is 0. The molecule has 68 valence electrons. The average molecular weight is 164 g/mol. The van der Waals surface area contributed by atoms with Gasteiger partial charge in [0.2, 0.25) is 5.92 Å². The van der Waals surface area contributed by atoms with E-state index in [-0.39, 0.29) is 18.8 Å². The van der Waals surface area contributed by atoms with Crippen molar-refractivity contribution in [1.29, 1.82) is 0 Å². The van der Waals surface area contributed by atoms with E-state index in [1.54, 1.807) is 0 Å². The smallest absolute Gasteiger partial charge is 0.207 e. The van der Waals surface area contributed by atoms with E-state index < -0.39 is 5.92 Å². The summed E-state index contributed by atoms with van der Waals surface area (Å²) < 4.78 is 24.3. The molecule has 0 atom stereocenters. The summed E-state index contributed by atoms with van der Waals surface area (Å²) >= 11 is 0. The molecule has 0 spiro atoms. The maximum absolute atomic E-state index is 12.1. The van der Waals surface area contributed by atoms with Crippen molar-refractivity contribution in [3.05, 3.63) is 0 Å². The lowest BCUT2D eigenvalue weighted by molar-refractivity contribution is -0.122. The third-order valence-electron chi connectivity index (χ3n) is 2.06. The molecule has 0 radical (unpaired) electrons. The fraction of sp³-hybridized carbons (Fsp3) is 1.00. The molecule has 0 unspecified atom stereocenters. The molecule has 2 heteroatoms. The monoisotopic (exact) mass is 164 g/mol. The van der Waals surface area contributed by atoms with E-state index in [9.17, 15) is 8.78 Å². The van der Waals surface area contributed by atoms with Gasteiger partial charge in [-0.05, 0) is 11.8 Å². The highest BCUT2D eigenvalue weighted by Crippen LogP contribution is 2.45. The topological polar surface area (TPSA) is 0 Å². The van der Waals surface area contributed by atoms with Crippen molar-refractivity contribution >= 4 is 0 Å². The molecule has 0 aromatic carbocycles. The molecule has 1 rings (SSSR count). The third-order valence-corrected chi connectivity index (χ3v) is 2.06. The summed E-state index contributed by atoms with van der Waals surface area (Å²) in [5, 5.41) is 0. The highest BCUT2D eigenvalue weighted by atomic mass is 19.3. The molecular weight excluding hydrogens is 146 g/mol. The first-order chi connectivity index (χ1) is 5.01. The van der Waals surface area contributed by atoms with E-state index in [2.05, 4.69) is 0 Å². The van der Waals surface area contributed by atoms with Crippen molar-refractivity contribution in [2.45, 2.75) is 46.5 Å². The van der Waals surface area contributed by atoms with Crippen LogP contribution in [0.4, 0.5) is 8.78 Å². The van der Waals surface area contributed by atoms with Gasteiger partial charge in [0, 0.05) is 12.8 Å². The fourth-order valence-corrected chi connectivity index (χ4v) is 1.18. The third kappa shape index (κ3) is 3.17. The number of halogens is 2. The van der Waals surface area contributed by atoms with Crippen LogP contribution in [0.15, 0.2) is 0 Å². The first-order valence-corrected chi connectivity index (χ1v) is 4.39. The van der Waals surface area contributed by atoms with Crippen molar-refractivity contribution < 1.29 is 8.78 Å². The van der Waals surface area contributed by atoms with Crippen LogP contribution in [0.5, 0.6) is 0 Å². The van der Waals surface area contributed by atoms with Gasteiger partial charge in [0.25, 0.3) is 0 Å². The molecule has 0 N–H and O–H groups in total. The highest BCUT2D eigenvalue weighted by Gasteiger charge is 2.45. The second kappa shape index (κ2) is 4.03. The predicted molar refractivity (Wildman–Crippen MR) is 43.9 cm³/mol. The van der Waals surface area contributed by atoms with E-state index in [4.69, 9.17) is 0 Å². The van der Waals surface area contributed by atoms with E-state index in [1.165, 1.54) is 0 Å². The van der Waals surface area contributed by atoms with Crippen molar-refractivity contribution in [3.63, 3.8) is 0 Å². The second-order valence-electron chi connectivity index (χ2n) is 3.27. The minimum absolute atomic E-state index is 0.116. The van der Waals surface area contributed by atoms with Crippen molar-refractivity contribution in [2.24, 2.45) is 11.8 Å². The van der Waals surface area contributed by atoms with E-state index >= 15 is 0 Å². The van der Waals surface area contributed by atoms with Gasteiger partial charge in [0.15, 0.2) is 0 Å². The standard InChI is InChI=1S/C7H12F2.C2H6/c1-5(2)6-3-7(8,9)4-6;1-2/h5-6H,3-4H2,1-2H3;1-2H3. The summed E-state index contributed by atoms with van der Waals surface area (Å²) in [5.74, 6) is -1.61. The van der Waals surface area contributed by atoms with Crippen LogP contribution in [0.2, 0.25) is 0 Å². The zero-order chi connectivity index (χ0) is 9.07. The molecule has 0 amide bonds. The Labute approximate surface area is 68.0 Å². The van der Waals surface area contributed by atoms with E-state index in [0.29, 0.717) is 5.92 Å². The molecule has 1 aliphatic carbocycles. The maximum Gasteiger partial charge on any atom is 0.248 e. The molecule has 0 aliphatic heterocycles. The van der Waals surface area contributed by atoms with Gasteiger partial charge in [0.1, 0.15) is 0 Å². The Hall–Kier alpha value is -0.140. The molecule has 0 aromatic heterocycles. The Morgan fingerprint density at radius 3 is 1.64 bits per heavy atom. The summed E-state index contributed by atoms with van der Waals surface area (Å²) in [5.41, 5.74) is 0. The lowest BCUT2D eigenvalue weighted by Gasteiger charge is -2.37. The van der Waals surface area contributed by atoms with Crippen molar-refractivity contribution in [3.8, 4) is 0 Å². The van der Waals surface area contributed by atoms with Gasteiger partial charge in [-0.3, -0.25) is 0 Å². The van der Waals surface area contributed by atoms with Gasteiger partial charge in [0.05, 0.1) is 0 Å². The normalized spacial score (nSPS) is 22.1. The van der Waals surface area contributed by atoms with Crippen LogP contribution in [0.3, 0.4) is 0 Å². The Balaban J connectivity index is 0.000000461. The zero-order valence-electron chi connectivity index (χ0n) is 7.82. The first kappa shape index (κ1) is 10.9. The lowest BCUT2D eigenvalue weighted by atomic mass is 9.74. The fourth-order valence-electron chi connectivity index (χ4n) is 1.18. The summed E-state index contributed by atoms with van der Waals surface area (Å²) in [6.45, 7) is 8.00. The Morgan fingerprint density at radius 2 is 1.55 bits per heavy atom. The summed E-state index contributed by atoms with van der Waals surface area (Å²) in [6.07, 6.45) is 0.231. The SMILES string of the molecule is CC.CC(C)C1CC(F)(F)C1. The molecule has 1 saturated carbocycles. The Bertz CT molecular complexity index is 100. The van der Waals surface area contributed by atoms with Crippen molar-refractivity contribution in [2.75, 3.05) is 0 Å². The van der Waals surface area contributed by atoms with Gasteiger partial charge < -0.3 is 0 Å². The molecule has 0 nitrogen and oxygen atoms in total. The number of rotatable bonds is 1. The molecule has 0 aromatic rings. The van der Waals surface area contributed by atoms with Crippen LogP contribution in [-0.2, 0) is 0 Å². The van der Waals surface area contributed by atoms with Gasteiger partial charge in [-0.25, -0.2) is 8.78 Å². The van der Waals surface area contributed by atoms with Crippen LogP contribution in [0.25, 0.3) is 0 Å². The number of alkyl halides is 2. The van der Waals surface area contributed by atoms with Gasteiger partial charge in [-0.15, -0.1) is 0 Å². The van der Waals surface area contributed by atoms with Crippen LogP contribution < -0.4 is 0 Å². The lowest BCUT2D eigenvalue weighted by Crippen LogP contribution is -2.37. The highest BCUT2D eigenvalue weighted by molar-refractivity contribution is 4.87. The number of hydrogen-bond acceptors (Lipinski definition) is 0. The van der Waals surface area contributed by atoms with Crippen LogP contribution >= 0.6 is 0 Å². The maximum atomic E-state index is 12.1. The molecule has 1 fully saturated rings. The molecule has 0 saturated heterocycles. The zero-order valence-corrected chi connectivity index (χ0v) is 7.82. The van der Waals surface area contributed by atoms with Crippen LogP contribution in [0, 0.1) is 11.8 Å². The summed E-state index contributed by atoms with van der Waals surface area (Å²) in [7, 11) is 0. The minimum Gasteiger partial charge on any atom is -0.207 e. The predicted octanol–water partition coefficient (Wildman–Crippen LogP) is 3.71. The van der Waals surface area contributed by atoms with E-state index in [1.807, 2.05) is 27.7 Å². The first-order valence-electron chi connectivity index (χ1n) is 4.39. The molecule has 0 bridgehead atoms. The second-order valence-corrected chi connectivity index (χ2v) is 3.27. The minimum atomic E-state index is -2.32. The van der Waals surface area contributed by atoms with Crippen LogP contribution in [-0.4, -0.2) is 5.92 Å². The summed E-state index contributed by atoms with van der Waals surface area (Å²) in [6, 6.07) is 0. The quantitative estimate of drug-likeness (QED) is 0.554.